The first kappa shape index (κ1) is 6.02. The molecule has 0 aliphatic rings. The van der Waals surface area contributed by atoms with Crippen molar-refractivity contribution < 1.29 is 4.52 Å². The Hall–Kier alpha value is -0.720. The molecule has 0 aliphatic heterocycles. The summed E-state index contributed by atoms with van der Waals surface area (Å²) in [6.45, 7) is 0. The molecule has 0 saturated carbocycles. The third kappa shape index (κ3) is 0.772. The molecule has 0 bridgehead atoms. The van der Waals surface area contributed by atoms with Crippen molar-refractivity contribution in [2.75, 3.05) is 0 Å². The Morgan fingerprint density at radius 1 is 1.30 bits per heavy atom. The molecule has 0 spiro atoms. The van der Waals surface area contributed by atoms with Crippen molar-refractivity contribution in [2.45, 2.75) is 0 Å². The van der Waals surface area contributed by atoms with Gasteiger partial charge in [-0.15, -0.1) is 0 Å². The van der Waals surface area contributed by atoms with Crippen LogP contribution in [0, 0.1) is 3.70 Å². The van der Waals surface area contributed by atoms with Crippen LogP contribution in [0.25, 0.3) is 11.2 Å². The van der Waals surface area contributed by atoms with Crippen LogP contribution in [0.1, 0.15) is 0 Å². The second-order valence-electron chi connectivity index (χ2n) is 1.68. The second-order valence-corrected chi connectivity index (χ2v) is 2.71. The van der Waals surface area contributed by atoms with Gasteiger partial charge in [-0.25, -0.2) is 9.97 Å². The summed E-state index contributed by atoms with van der Waals surface area (Å²) in [5.74, 6) is 0. The van der Waals surface area contributed by atoms with Gasteiger partial charge in [0.15, 0.2) is 9.22 Å². The van der Waals surface area contributed by atoms with E-state index in [1.54, 1.807) is 12.4 Å². The molecule has 0 fully saturated rings. The maximum absolute atomic E-state index is 4.82. The molecule has 0 atom stereocenters. The molecule has 2 rings (SSSR count). The van der Waals surface area contributed by atoms with E-state index in [1.807, 2.05) is 22.6 Å². The van der Waals surface area contributed by atoms with Crippen molar-refractivity contribution in [3.63, 3.8) is 0 Å². The van der Waals surface area contributed by atoms with Crippen molar-refractivity contribution in [2.24, 2.45) is 0 Å². The molecule has 0 saturated heterocycles. The second kappa shape index (κ2) is 2.15. The quantitative estimate of drug-likeness (QED) is 0.657. The molecule has 2 aromatic rings. The number of hydrogen-bond acceptors (Lipinski definition) is 4. The number of aromatic nitrogens is 3. The van der Waals surface area contributed by atoms with Gasteiger partial charge in [-0.3, -0.25) is 0 Å². The average Bonchev–Trinajstić information content (AvgIpc) is 2.34. The van der Waals surface area contributed by atoms with Crippen LogP contribution in [0.15, 0.2) is 16.9 Å². The van der Waals surface area contributed by atoms with Gasteiger partial charge in [0.1, 0.15) is 0 Å². The van der Waals surface area contributed by atoms with E-state index in [-0.39, 0.29) is 0 Å². The standard InChI is InChI=1S/C5H2IN3O/c6-4-3-5(10-9-4)8-2-1-7-3/h1-2H. The van der Waals surface area contributed by atoms with Crippen LogP contribution in [0.4, 0.5) is 0 Å². The normalized spacial score (nSPS) is 10.5. The Balaban J connectivity index is 2.93. The minimum atomic E-state index is 0.493. The minimum absolute atomic E-state index is 0.493. The molecule has 0 N–H and O–H groups in total. The van der Waals surface area contributed by atoms with Crippen LogP contribution in [-0.4, -0.2) is 15.1 Å². The summed E-state index contributed by atoms with van der Waals surface area (Å²) in [4.78, 5) is 7.92. The summed E-state index contributed by atoms with van der Waals surface area (Å²) in [5.41, 5.74) is 1.22. The van der Waals surface area contributed by atoms with Gasteiger partial charge in [0.25, 0.3) is 5.71 Å². The number of halogens is 1. The van der Waals surface area contributed by atoms with Gasteiger partial charge in [-0.2, -0.15) is 0 Å². The van der Waals surface area contributed by atoms with Gasteiger partial charge in [-0.1, -0.05) is 5.16 Å². The molecule has 2 heterocycles. The Morgan fingerprint density at radius 3 is 2.90 bits per heavy atom. The van der Waals surface area contributed by atoms with Gasteiger partial charge in [-0.05, 0) is 22.6 Å². The maximum Gasteiger partial charge on any atom is 0.277 e. The third-order valence-electron chi connectivity index (χ3n) is 1.07. The van der Waals surface area contributed by atoms with Crippen molar-refractivity contribution in [1.29, 1.82) is 0 Å². The minimum Gasteiger partial charge on any atom is -0.333 e. The van der Waals surface area contributed by atoms with Crippen molar-refractivity contribution >= 4 is 33.8 Å². The molecule has 10 heavy (non-hydrogen) atoms. The molecule has 5 heteroatoms. The fourth-order valence-electron chi connectivity index (χ4n) is 0.660. The molecule has 4 nitrogen and oxygen atoms in total. The van der Waals surface area contributed by atoms with E-state index in [9.17, 15) is 0 Å². The fraction of sp³-hybridized carbons (Fsp3) is 0. The average molecular weight is 247 g/mol. The summed E-state index contributed by atoms with van der Waals surface area (Å²) >= 11 is 2.05. The molecular weight excluding hydrogens is 245 g/mol. The van der Waals surface area contributed by atoms with Crippen molar-refractivity contribution in [1.82, 2.24) is 15.1 Å². The zero-order chi connectivity index (χ0) is 6.97. The van der Waals surface area contributed by atoms with E-state index in [0.29, 0.717) is 5.71 Å². The summed E-state index contributed by atoms with van der Waals surface area (Å²) in [6.07, 6.45) is 3.19. The van der Waals surface area contributed by atoms with Crippen LogP contribution < -0.4 is 0 Å². The molecule has 0 aromatic carbocycles. The lowest BCUT2D eigenvalue weighted by atomic mass is 10.6. The van der Waals surface area contributed by atoms with Crippen LogP contribution in [0.2, 0.25) is 0 Å². The van der Waals surface area contributed by atoms with Gasteiger partial charge in [0.05, 0.1) is 0 Å². The van der Waals surface area contributed by atoms with Crippen LogP contribution >= 0.6 is 22.6 Å². The molecule has 0 radical (unpaired) electrons. The lowest BCUT2D eigenvalue weighted by Gasteiger charge is -1.79. The van der Waals surface area contributed by atoms with E-state index in [2.05, 4.69) is 15.1 Å². The fourth-order valence-corrected chi connectivity index (χ4v) is 1.13. The zero-order valence-electron chi connectivity index (χ0n) is 4.78. The molecular formula is C5H2IN3O. The number of hydrogen-bond donors (Lipinski definition) is 0. The zero-order valence-corrected chi connectivity index (χ0v) is 6.94. The Labute approximate surface area is 69.8 Å². The number of nitrogens with zero attached hydrogens (tertiary/aromatic N) is 3. The molecule has 0 unspecified atom stereocenters. The predicted molar refractivity (Wildman–Crippen MR) is 42.3 cm³/mol. The SMILES string of the molecule is Ic1noc2nccnc12. The summed E-state index contributed by atoms with van der Waals surface area (Å²) in [6, 6.07) is 0. The van der Waals surface area contributed by atoms with Gasteiger partial charge in [0.2, 0.25) is 0 Å². The lowest BCUT2D eigenvalue weighted by Crippen LogP contribution is -1.76. The van der Waals surface area contributed by atoms with E-state index in [0.717, 1.165) is 9.22 Å². The molecule has 50 valence electrons. The van der Waals surface area contributed by atoms with Crippen molar-refractivity contribution in [3.8, 4) is 0 Å². The van der Waals surface area contributed by atoms with Gasteiger partial charge >= 0.3 is 0 Å². The number of fused-ring (bicyclic) bond motifs is 1. The number of rotatable bonds is 0. The topological polar surface area (TPSA) is 51.8 Å². The predicted octanol–water partition coefficient (Wildman–Crippen LogP) is 1.22. The third-order valence-corrected chi connectivity index (χ3v) is 1.78. The maximum atomic E-state index is 4.82. The Morgan fingerprint density at radius 2 is 2.10 bits per heavy atom. The van der Waals surface area contributed by atoms with Crippen LogP contribution in [0.3, 0.4) is 0 Å². The highest BCUT2D eigenvalue weighted by atomic mass is 127. The van der Waals surface area contributed by atoms with E-state index in [4.69, 9.17) is 4.52 Å². The molecule has 2 aromatic heterocycles. The van der Waals surface area contributed by atoms with Gasteiger partial charge in [0, 0.05) is 12.4 Å². The first-order valence-corrected chi connectivity index (χ1v) is 3.67. The summed E-state index contributed by atoms with van der Waals surface area (Å²) < 4.78 is 5.57. The highest BCUT2D eigenvalue weighted by Crippen LogP contribution is 2.13. The van der Waals surface area contributed by atoms with Crippen molar-refractivity contribution in [3.05, 3.63) is 16.1 Å². The van der Waals surface area contributed by atoms with E-state index in [1.165, 1.54) is 0 Å². The first-order valence-electron chi connectivity index (χ1n) is 2.60. The first-order chi connectivity index (χ1) is 4.88. The lowest BCUT2D eigenvalue weighted by molar-refractivity contribution is 0.443. The van der Waals surface area contributed by atoms with E-state index < -0.39 is 0 Å². The van der Waals surface area contributed by atoms with Crippen LogP contribution in [0.5, 0.6) is 0 Å². The summed E-state index contributed by atoms with van der Waals surface area (Å²) in [5, 5.41) is 3.68. The summed E-state index contributed by atoms with van der Waals surface area (Å²) in [7, 11) is 0. The highest BCUT2D eigenvalue weighted by Gasteiger charge is 2.04. The van der Waals surface area contributed by atoms with Gasteiger partial charge < -0.3 is 4.52 Å². The monoisotopic (exact) mass is 247 g/mol. The van der Waals surface area contributed by atoms with Crippen LogP contribution in [-0.2, 0) is 0 Å². The Bertz CT molecular complexity index is 358. The smallest absolute Gasteiger partial charge is 0.277 e. The van der Waals surface area contributed by atoms with E-state index >= 15 is 0 Å². The Kier molecular flexibility index (Phi) is 1.30. The largest absolute Gasteiger partial charge is 0.333 e. The molecule has 0 amide bonds. The molecule has 0 aliphatic carbocycles. The highest BCUT2D eigenvalue weighted by molar-refractivity contribution is 14.1.